The summed E-state index contributed by atoms with van der Waals surface area (Å²) >= 11 is 0. The van der Waals surface area contributed by atoms with E-state index >= 15 is 0 Å². The number of nitrogens with one attached hydrogen (secondary N) is 2. The molecule has 0 heterocycles. The second-order valence-corrected chi connectivity index (χ2v) is 4.44. The van der Waals surface area contributed by atoms with E-state index in [9.17, 15) is 24.5 Å². The van der Waals surface area contributed by atoms with Gasteiger partial charge in [-0.3, -0.25) is 24.5 Å². The molecule has 0 spiro atoms. The standard InChI is InChI=1S/C13H15N3O6/c1-8(12(19)14-6-5-11(17)18)15-13(20)9-3-2-4-10(7-9)16(21)22/h2-4,7-8H,5-6H2,1H3,(H,14,19)(H,15,20)(H,17,18). The van der Waals surface area contributed by atoms with Gasteiger partial charge < -0.3 is 15.7 Å². The largest absolute Gasteiger partial charge is 0.481 e. The average Bonchev–Trinajstić information content (AvgIpc) is 2.46. The first-order valence-electron chi connectivity index (χ1n) is 6.36. The van der Waals surface area contributed by atoms with Crippen LogP contribution < -0.4 is 10.6 Å². The van der Waals surface area contributed by atoms with Gasteiger partial charge in [0, 0.05) is 24.2 Å². The topological polar surface area (TPSA) is 139 Å². The summed E-state index contributed by atoms with van der Waals surface area (Å²) in [6.45, 7) is 1.37. The Morgan fingerprint density at radius 2 is 2.05 bits per heavy atom. The van der Waals surface area contributed by atoms with E-state index in [1.54, 1.807) is 0 Å². The minimum atomic E-state index is -1.05. The van der Waals surface area contributed by atoms with Gasteiger partial charge in [-0.05, 0) is 13.0 Å². The first kappa shape index (κ1) is 17.1. The monoisotopic (exact) mass is 309 g/mol. The van der Waals surface area contributed by atoms with E-state index < -0.39 is 28.7 Å². The number of carbonyl (C=O) groups is 3. The maximum atomic E-state index is 11.9. The third-order valence-corrected chi connectivity index (χ3v) is 2.70. The molecule has 9 heteroatoms. The number of carboxylic acids is 1. The molecule has 0 fully saturated rings. The lowest BCUT2D eigenvalue weighted by atomic mass is 10.1. The highest BCUT2D eigenvalue weighted by molar-refractivity contribution is 5.97. The molecule has 1 aromatic rings. The van der Waals surface area contributed by atoms with Crippen molar-refractivity contribution in [2.75, 3.05) is 6.54 Å². The third kappa shape index (κ3) is 5.19. The van der Waals surface area contributed by atoms with Gasteiger partial charge in [0.1, 0.15) is 6.04 Å². The van der Waals surface area contributed by atoms with Crippen molar-refractivity contribution in [3.8, 4) is 0 Å². The first-order chi connectivity index (χ1) is 10.3. The summed E-state index contributed by atoms with van der Waals surface area (Å²) in [7, 11) is 0. The van der Waals surface area contributed by atoms with Gasteiger partial charge in [0.2, 0.25) is 5.91 Å². The Kier molecular flexibility index (Phi) is 5.99. The lowest BCUT2D eigenvalue weighted by molar-refractivity contribution is -0.384. The summed E-state index contributed by atoms with van der Waals surface area (Å²) in [5.74, 6) is -2.22. The zero-order valence-corrected chi connectivity index (χ0v) is 11.7. The molecule has 0 aliphatic carbocycles. The zero-order valence-electron chi connectivity index (χ0n) is 11.7. The molecule has 0 radical (unpaired) electrons. The molecule has 118 valence electrons. The van der Waals surface area contributed by atoms with Crippen LogP contribution in [-0.2, 0) is 9.59 Å². The molecule has 1 aromatic carbocycles. The van der Waals surface area contributed by atoms with Crippen molar-refractivity contribution in [1.82, 2.24) is 10.6 Å². The summed E-state index contributed by atoms with van der Waals surface area (Å²) in [5, 5.41) is 23.8. The van der Waals surface area contributed by atoms with Gasteiger partial charge >= 0.3 is 5.97 Å². The molecule has 1 rings (SSSR count). The lowest BCUT2D eigenvalue weighted by Gasteiger charge is -2.13. The van der Waals surface area contributed by atoms with E-state index in [1.165, 1.54) is 25.1 Å². The highest BCUT2D eigenvalue weighted by atomic mass is 16.6. The van der Waals surface area contributed by atoms with Crippen LogP contribution in [0, 0.1) is 10.1 Å². The van der Waals surface area contributed by atoms with E-state index in [-0.39, 0.29) is 24.2 Å². The van der Waals surface area contributed by atoms with Gasteiger partial charge in [-0.1, -0.05) is 6.07 Å². The molecule has 1 atom stereocenters. The van der Waals surface area contributed by atoms with Crippen molar-refractivity contribution in [1.29, 1.82) is 0 Å². The van der Waals surface area contributed by atoms with Crippen molar-refractivity contribution < 1.29 is 24.4 Å². The van der Waals surface area contributed by atoms with Crippen molar-refractivity contribution >= 4 is 23.5 Å². The fourth-order valence-corrected chi connectivity index (χ4v) is 1.55. The third-order valence-electron chi connectivity index (χ3n) is 2.70. The highest BCUT2D eigenvalue weighted by Gasteiger charge is 2.18. The maximum absolute atomic E-state index is 11.9. The van der Waals surface area contributed by atoms with Crippen LogP contribution in [0.3, 0.4) is 0 Å². The molecular weight excluding hydrogens is 294 g/mol. The number of hydrogen-bond donors (Lipinski definition) is 3. The van der Waals surface area contributed by atoms with Gasteiger partial charge in [-0.2, -0.15) is 0 Å². The molecule has 22 heavy (non-hydrogen) atoms. The van der Waals surface area contributed by atoms with E-state index in [4.69, 9.17) is 5.11 Å². The fourth-order valence-electron chi connectivity index (χ4n) is 1.55. The number of benzene rings is 1. The Hall–Kier alpha value is -2.97. The Balaban J connectivity index is 2.60. The van der Waals surface area contributed by atoms with Crippen LogP contribution in [0.1, 0.15) is 23.7 Å². The Morgan fingerprint density at radius 1 is 1.36 bits per heavy atom. The minimum Gasteiger partial charge on any atom is -0.481 e. The Labute approximate surface area is 125 Å². The number of non-ortho nitro benzene ring substituents is 1. The molecule has 3 N–H and O–H groups in total. The van der Waals surface area contributed by atoms with Gasteiger partial charge in [0.25, 0.3) is 11.6 Å². The lowest BCUT2D eigenvalue weighted by Crippen LogP contribution is -2.45. The molecule has 0 saturated heterocycles. The number of carboxylic acid groups (broad SMARTS) is 1. The predicted molar refractivity (Wildman–Crippen MR) is 75.3 cm³/mol. The zero-order chi connectivity index (χ0) is 16.7. The number of carbonyl (C=O) groups excluding carboxylic acids is 2. The van der Waals surface area contributed by atoms with Crippen LogP contribution in [-0.4, -0.2) is 40.4 Å². The molecule has 9 nitrogen and oxygen atoms in total. The van der Waals surface area contributed by atoms with E-state index in [0.29, 0.717) is 0 Å². The highest BCUT2D eigenvalue weighted by Crippen LogP contribution is 2.13. The van der Waals surface area contributed by atoms with E-state index in [0.717, 1.165) is 6.07 Å². The average molecular weight is 309 g/mol. The SMILES string of the molecule is CC(NC(=O)c1cccc([N+](=O)[O-])c1)C(=O)NCCC(=O)O. The van der Waals surface area contributed by atoms with Crippen molar-refractivity contribution in [2.45, 2.75) is 19.4 Å². The van der Waals surface area contributed by atoms with Crippen LogP contribution in [0.5, 0.6) is 0 Å². The normalized spacial score (nSPS) is 11.3. The van der Waals surface area contributed by atoms with Gasteiger partial charge in [0.15, 0.2) is 0 Å². The van der Waals surface area contributed by atoms with Crippen molar-refractivity contribution in [3.63, 3.8) is 0 Å². The predicted octanol–water partition coefficient (Wildman–Crippen LogP) is 0.304. The van der Waals surface area contributed by atoms with Gasteiger partial charge in [-0.25, -0.2) is 0 Å². The quantitative estimate of drug-likeness (QED) is 0.489. The summed E-state index contributed by atoms with van der Waals surface area (Å²) in [6.07, 6.45) is -0.225. The molecule has 2 amide bonds. The number of aliphatic carboxylic acids is 1. The second kappa shape index (κ2) is 7.72. The second-order valence-electron chi connectivity index (χ2n) is 4.44. The van der Waals surface area contributed by atoms with Crippen LogP contribution in [0.25, 0.3) is 0 Å². The number of rotatable bonds is 7. The van der Waals surface area contributed by atoms with Crippen molar-refractivity contribution in [3.05, 3.63) is 39.9 Å². The summed E-state index contributed by atoms with van der Waals surface area (Å²) in [6, 6.07) is 4.20. The molecule has 1 unspecified atom stereocenters. The molecule has 0 bridgehead atoms. The first-order valence-corrected chi connectivity index (χ1v) is 6.36. The number of amides is 2. The van der Waals surface area contributed by atoms with Crippen LogP contribution in [0.15, 0.2) is 24.3 Å². The number of nitrogens with zero attached hydrogens (tertiary/aromatic N) is 1. The fraction of sp³-hybridized carbons (Fsp3) is 0.308. The minimum absolute atomic E-state index is 0.0504. The Bertz CT molecular complexity index is 601. The van der Waals surface area contributed by atoms with Gasteiger partial charge in [0.05, 0.1) is 11.3 Å². The van der Waals surface area contributed by atoms with E-state index in [1.807, 2.05) is 0 Å². The van der Waals surface area contributed by atoms with Crippen molar-refractivity contribution in [2.24, 2.45) is 0 Å². The summed E-state index contributed by atoms with van der Waals surface area (Å²) < 4.78 is 0. The summed E-state index contributed by atoms with van der Waals surface area (Å²) in [5.41, 5.74) is -0.175. The van der Waals surface area contributed by atoms with Crippen LogP contribution >= 0.6 is 0 Å². The van der Waals surface area contributed by atoms with Crippen LogP contribution in [0.4, 0.5) is 5.69 Å². The molecule has 0 aromatic heterocycles. The molecule has 0 saturated carbocycles. The number of nitro benzene ring substituents is 1. The Morgan fingerprint density at radius 3 is 2.64 bits per heavy atom. The van der Waals surface area contributed by atoms with Gasteiger partial charge in [-0.15, -0.1) is 0 Å². The molecule has 0 aliphatic rings. The summed E-state index contributed by atoms with van der Waals surface area (Å²) in [4.78, 5) is 43.9. The maximum Gasteiger partial charge on any atom is 0.305 e. The van der Waals surface area contributed by atoms with Crippen LogP contribution in [0.2, 0.25) is 0 Å². The molecule has 0 aliphatic heterocycles. The van der Waals surface area contributed by atoms with E-state index in [2.05, 4.69) is 10.6 Å². The number of nitro groups is 1. The smallest absolute Gasteiger partial charge is 0.305 e. The molecular formula is C13H15N3O6. The number of hydrogen-bond acceptors (Lipinski definition) is 5.